The maximum absolute atomic E-state index is 11.5. The molecule has 0 rings (SSSR count). The molecule has 0 heterocycles. The molecule has 1 unspecified atom stereocenters. The van der Waals surface area contributed by atoms with Gasteiger partial charge in [-0.15, -0.1) is 0 Å². The van der Waals surface area contributed by atoms with E-state index in [-0.39, 0.29) is 12.5 Å². The second-order valence-electron chi connectivity index (χ2n) is 3.80. The van der Waals surface area contributed by atoms with Crippen LogP contribution in [-0.2, 0) is 9.53 Å². The standard InChI is InChI=1S/C11H22N2O4/c1-4-8(5-2)12-11(16)13-9(10(14)15)6-7-17-3/h8-9H,4-7H2,1-3H3,(H,14,15)(H2,12,13,16). The molecular formula is C11H22N2O4. The molecular weight excluding hydrogens is 224 g/mol. The van der Waals surface area contributed by atoms with Crippen LogP contribution in [0.2, 0.25) is 0 Å². The lowest BCUT2D eigenvalue weighted by Crippen LogP contribution is -2.49. The van der Waals surface area contributed by atoms with Crippen LogP contribution in [0.3, 0.4) is 0 Å². The molecule has 1 atom stereocenters. The Labute approximate surface area is 102 Å². The summed E-state index contributed by atoms with van der Waals surface area (Å²) in [5.41, 5.74) is 0. The summed E-state index contributed by atoms with van der Waals surface area (Å²) in [6, 6.07) is -1.28. The molecule has 6 heteroatoms. The maximum Gasteiger partial charge on any atom is 0.326 e. The molecule has 0 saturated carbocycles. The molecule has 0 radical (unpaired) electrons. The number of carbonyl (C=O) groups excluding carboxylic acids is 1. The van der Waals surface area contributed by atoms with E-state index in [1.807, 2.05) is 13.8 Å². The van der Waals surface area contributed by atoms with Gasteiger partial charge >= 0.3 is 12.0 Å². The minimum atomic E-state index is -1.05. The van der Waals surface area contributed by atoms with Gasteiger partial charge in [0.25, 0.3) is 0 Å². The highest BCUT2D eigenvalue weighted by molar-refractivity contribution is 5.82. The number of carbonyl (C=O) groups is 2. The molecule has 0 aromatic heterocycles. The van der Waals surface area contributed by atoms with E-state index in [0.29, 0.717) is 6.61 Å². The lowest BCUT2D eigenvalue weighted by molar-refractivity contribution is -0.139. The van der Waals surface area contributed by atoms with Crippen molar-refractivity contribution in [3.63, 3.8) is 0 Å². The summed E-state index contributed by atoms with van der Waals surface area (Å²) in [5.74, 6) is -1.05. The first-order chi connectivity index (χ1) is 8.04. The fourth-order valence-electron chi connectivity index (χ4n) is 1.37. The first kappa shape index (κ1) is 15.7. The maximum atomic E-state index is 11.5. The quantitative estimate of drug-likeness (QED) is 0.595. The molecule has 0 aliphatic rings. The zero-order valence-corrected chi connectivity index (χ0v) is 10.7. The van der Waals surface area contributed by atoms with Crippen LogP contribution in [0.25, 0.3) is 0 Å². The van der Waals surface area contributed by atoms with Crippen LogP contribution in [0, 0.1) is 0 Å². The number of hydrogen-bond acceptors (Lipinski definition) is 3. The van der Waals surface area contributed by atoms with Gasteiger partial charge in [-0.25, -0.2) is 9.59 Å². The van der Waals surface area contributed by atoms with Gasteiger partial charge in [0.05, 0.1) is 0 Å². The summed E-state index contributed by atoms with van der Waals surface area (Å²) in [6.45, 7) is 4.23. The lowest BCUT2D eigenvalue weighted by Gasteiger charge is -2.18. The molecule has 0 aromatic rings. The minimum absolute atomic E-state index is 0.0758. The van der Waals surface area contributed by atoms with Gasteiger partial charge < -0.3 is 20.5 Å². The Bertz CT molecular complexity index is 242. The predicted octanol–water partition coefficient (Wildman–Crippen LogP) is 0.964. The Morgan fingerprint density at radius 2 is 1.82 bits per heavy atom. The first-order valence-corrected chi connectivity index (χ1v) is 5.83. The number of amides is 2. The molecule has 2 amide bonds. The van der Waals surface area contributed by atoms with Crippen molar-refractivity contribution < 1.29 is 19.4 Å². The van der Waals surface area contributed by atoms with Crippen molar-refractivity contribution >= 4 is 12.0 Å². The fraction of sp³-hybridized carbons (Fsp3) is 0.818. The van der Waals surface area contributed by atoms with Crippen molar-refractivity contribution in [3.05, 3.63) is 0 Å². The van der Waals surface area contributed by atoms with E-state index in [4.69, 9.17) is 9.84 Å². The average molecular weight is 246 g/mol. The summed E-state index contributed by atoms with van der Waals surface area (Å²) >= 11 is 0. The molecule has 0 aliphatic heterocycles. The Morgan fingerprint density at radius 3 is 2.24 bits per heavy atom. The van der Waals surface area contributed by atoms with Crippen molar-refractivity contribution in [2.45, 2.75) is 45.2 Å². The largest absolute Gasteiger partial charge is 0.480 e. The second kappa shape index (κ2) is 8.81. The second-order valence-corrected chi connectivity index (χ2v) is 3.80. The SMILES string of the molecule is CCC(CC)NC(=O)NC(CCOC)C(=O)O. The third kappa shape index (κ3) is 6.78. The predicted molar refractivity (Wildman–Crippen MR) is 64.0 cm³/mol. The Hall–Kier alpha value is -1.30. The van der Waals surface area contributed by atoms with Gasteiger partial charge in [0.15, 0.2) is 0 Å². The van der Waals surface area contributed by atoms with Crippen molar-refractivity contribution in [2.24, 2.45) is 0 Å². The molecule has 3 N–H and O–H groups in total. The third-order valence-corrected chi connectivity index (χ3v) is 2.53. The fourth-order valence-corrected chi connectivity index (χ4v) is 1.37. The van der Waals surface area contributed by atoms with Crippen molar-refractivity contribution in [1.29, 1.82) is 0 Å². The van der Waals surface area contributed by atoms with E-state index in [0.717, 1.165) is 12.8 Å². The minimum Gasteiger partial charge on any atom is -0.480 e. The number of nitrogens with one attached hydrogen (secondary N) is 2. The van der Waals surface area contributed by atoms with Gasteiger partial charge in [-0.1, -0.05) is 13.8 Å². The van der Waals surface area contributed by atoms with E-state index in [2.05, 4.69) is 10.6 Å². The molecule has 17 heavy (non-hydrogen) atoms. The van der Waals surface area contributed by atoms with Gasteiger partial charge in [-0.2, -0.15) is 0 Å². The monoisotopic (exact) mass is 246 g/mol. The topological polar surface area (TPSA) is 87.7 Å². The highest BCUT2D eigenvalue weighted by atomic mass is 16.5. The first-order valence-electron chi connectivity index (χ1n) is 5.83. The summed E-state index contributed by atoms with van der Waals surface area (Å²) < 4.78 is 4.79. The summed E-state index contributed by atoms with van der Waals surface area (Å²) in [6.07, 6.45) is 1.89. The number of carboxylic acid groups (broad SMARTS) is 1. The van der Waals surface area contributed by atoms with E-state index in [1.165, 1.54) is 7.11 Å². The van der Waals surface area contributed by atoms with Crippen molar-refractivity contribution in [2.75, 3.05) is 13.7 Å². The van der Waals surface area contributed by atoms with Gasteiger partial charge in [0.1, 0.15) is 6.04 Å². The molecule has 0 fully saturated rings. The number of carboxylic acids is 1. The van der Waals surface area contributed by atoms with E-state index in [9.17, 15) is 9.59 Å². The highest BCUT2D eigenvalue weighted by Crippen LogP contribution is 1.97. The zero-order chi connectivity index (χ0) is 13.3. The normalized spacial score (nSPS) is 12.2. The Kier molecular flexibility index (Phi) is 8.13. The smallest absolute Gasteiger partial charge is 0.326 e. The molecule has 0 spiro atoms. The molecule has 6 nitrogen and oxygen atoms in total. The Morgan fingerprint density at radius 1 is 1.24 bits per heavy atom. The van der Waals surface area contributed by atoms with Gasteiger partial charge in [0.2, 0.25) is 0 Å². The molecule has 0 saturated heterocycles. The van der Waals surface area contributed by atoms with Gasteiger partial charge in [-0.3, -0.25) is 0 Å². The number of urea groups is 1. The summed E-state index contributed by atoms with van der Waals surface area (Å²) in [7, 11) is 1.49. The average Bonchev–Trinajstić information content (AvgIpc) is 2.30. The number of aliphatic carboxylic acids is 1. The highest BCUT2D eigenvalue weighted by Gasteiger charge is 2.20. The van der Waals surface area contributed by atoms with Gasteiger partial charge in [0, 0.05) is 26.2 Å². The molecule has 0 bridgehead atoms. The van der Waals surface area contributed by atoms with Crippen LogP contribution in [0.5, 0.6) is 0 Å². The van der Waals surface area contributed by atoms with Crippen LogP contribution in [0.15, 0.2) is 0 Å². The van der Waals surface area contributed by atoms with E-state index < -0.39 is 18.0 Å². The van der Waals surface area contributed by atoms with Crippen LogP contribution in [0.1, 0.15) is 33.1 Å². The van der Waals surface area contributed by atoms with Crippen LogP contribution in [-0.4, -0.2) is 42.9 Å². The molecule has 0 aliphatic carbocycles. The third-order valence-electron chi connectivity index (χ3n) is 2.53. The Balaban J connectivity index is 4.15. The van der Waals surface area contributed by atoms with Crippen molar-refractivity contribution in [1.82, 2.24) is 10.6 Å². The number of ether oxygens (including phenoxy) is 1. The van der Waals surface area contributed by atoms with E-state index >= 15 is 0 Å². The van der Waals surface area contributed by atoms with E-state index in [1.54, 1.807) is 0 Å². The molecule has 100 valence electrons. The number of rotatable bonds is 8. The molecule has 0 aromatic carbocycles. The van der Waals surface area contributed by atoms with Gasteiger partial charge in [-0.05, 0) is 12.8 Å². The van der Waals surface area contributed by atoms with Crippen LogP contribution in [0.4, 0.5) is 4.79 Å². The van der Waals surface area contributed by atoms with Crippen LogP contribution < -0.4 is 10.6 Å². The zero-order valence-electron chi connectivity index (χ0n) is 10.7. The lowest BCUT2D eigenvalue weighted by atomic mass is 10.2. The number of hydrogen-bond donors (Lipinski definition) is 3. The number of methoxy groups -OCH3 is 1. The summed E-state index contributed by atoms with van der Waals surface area (Å²) in [4.78, 5) is 22.4. The van der Waals surface area contributed by atoms with Crippen LogP contribution >= 0.6 is 0 Å². The summed E-state index contributed by atoms with van der Waals surface area (Å²) in [5, 5.41) is 14.0. The van der Waals surface area contributed by atoms with Crippen molar-refractivity contribution in [3.8, 4) is 0 Å².